The number of carbonyl (C=O) groups is 1. The van der Waals surface area contributed by atoms with Crippen LogP contribution in [0.4, 0.5) is 0 Å². The van der Waals surface area contributed by atoms with Gasteiger partial charge in [0.05, 0.1) is 0 Å². The van der Waals surface area contributed by atoms with Crippen molar-refractivity contribution >= 4 is 22.7 Å². The SMILES string of the molecule is NC1=NC2C(=O)CCCC2S1. The molecule has 0 amide bonds. The Morgan fingerprint density at radius 2 is 2.45 bits per heavy atom. The van der Waals surface area contributed by atoms with Gasteiger partial charge < -0.3 is 5.73 Å². The average molecular weight is 170 g/mol. The van der Waals surface area contributed by atoms with Crippen LogP contribution in [0.3, 0.4) is 0 Å². The summed E-state index contributed by atoms with van der Waals surface area (Å²) in [6.45, 7) is 0. The second kappa shape index (κ2) is 2.52. The van der Waals surface area contributed by atoms with E-state index in [0.29, 0.717) is 16.8 Å². The number of carbonyl (C=O) groups excluding carboxylic acids is 1. The molecule has 0 aromatic heterocycles. The molecule has 2 atom stereocenters. The molecule has 2 N–H and O–H groups in total. The van der Waals surface area contributed by atoms with Gasteiger partial charge in [-0.3, -0.25) is 9.79 Å². The van der Waals surface area contributed by atoms with E-state index in [-0.39, 0.29) is 11.8 Å². The summed E-state index contributed by atoms with van der Waals surface area (Å²) in [4.78, 5) is 15.3. The molecule has 2 aliphatic rings. The zero-order chi connectivity index (χ0) is 7.84. The molecule has 2 unspecified atom stereocenters. The summed E-state index contributed by atoms with van der Waals surface area (Å²) >= 11 is 1.56. The number of nitrogens with two attached hydrogens (primary N) is 1. The van der Waals surface area contributed by atoms with E-state index in [9.17, 15) is 4.79 Å². The van der Waals surface area contributed by atoms with Crippen molar-refractivity contribution in [2.75, 3.05) is 0 Å². The Bertz CT molecular complexity index is 226. The van der Waals surface area contributed by atoms with E-state index < -0.39 is 0 Å². The summed E-state index contributed by atoms with van der Waals surface area (Å²) in [5.41, 5.74) is 5.52. The molecule has 1 aliphatic carbocycles. The lowest BCUT2D eigenvalue weighted by atomic mass is 9.94. The molecule has 3 nitrogen and oxygen atoms in total. The first-order valence-electron chi connectivity index (χ1n) is 3.80. The predicted molar refractivity (Wildman–Crippen MR) is 45.6 cm³/mol. The minimum absolute atomic E-state index is 0.103. The topological polar surface area (TPSA) is 55.4 Å². The van der Waals surface area contributed by atoms with Crippen molar-refractivity contribution in [3.63, 3.8) is 0 Å². The van der Waals surface area contributed by atoms with Crippen molar-refractivity contribution in [3.05, 3.63) is 0 Å². The van der Waals surface area contributed by atoms with Gasteiger partial charge in [0.25, 0.3) is 0 Å². The highest BCUT2D eigenvalue weighted by atomic mass is 32.2. The molecular weight excluding hydrogens is 160 g/mol. The van der Waals surface area contributed by atoms with E-state index in [2.05, 4.69) is 4.99 Å². The fraction of sp³-hybridized carbons (Fsp3) is 0.714. The first-order valence-corrected chi connectivity index (χ1v) is 4.68. The van der Waals surface area contributed by atoms with Gasteiger partial charge >= 0.3 is 0 Å². The highest BCUT2D eigenvalue weighted by Crippen LogP contribution is 2.33. The van der Waals surface area contributed by atoms with Gasteiger partial charge in [-0.2, -0.15) is 0 Å². The van der Waals surface area contributed by atoms with Gasteiger partial charge in [0, 0.05) is 11.7 Å². The van der Waals surface area contributed by atoms with E-state index in [1.807, 2.05) is 0 Å². The zero-order valence-corrected chi connectivity index (χ0v) is 6.93. The van der Waals surface area contributed by atoms with E-state index in [4.69, 9.17) is 5.73 Å². The van der Waals surface area contributed by atoms with Crippen molar-refractivity contribution in [3.8, 4) is 0 Å². The van der Waals surface area contributed by atoms with E-state index in [1.165, 1.54) is 0 Å². The van der Waals surface area contributed by atoms with Crippen molar-refractivity contribution < 1.29 is 4.79 Å². The molecule has 0 saturated heterocycles. The summed E-state index contributed by atoms with van der Waals surface area (Å²) in [6, 6.07) is -0.103. The number of thioether (sulfide) groups is 1. The first-order chi connectivity index (χ1) is 5.27. The summed E-state index contributed by atoms with van der Waals surface area (Å²) in [5.74, 6) is 0.272. The van der Waals surface area contributed by atoms with Gasteiger partial charge in [-0.15, -0.1) is 0 Å². The normalized spacial score (nSPS) is 36.7. The Morgan fingerprint density at radius 1 is 1.64 bits per heavy atom. The molecule has 0 aromatic carbocycles. The zero-order valence-electron chi connectivity index (χ0n) is 6.12. The lowest BCUT2D eigenvalue weighted by Crippen LogP contribution is -2.31. The fourth-order valence-electron chi connectivity index (χ4n) is 1.59. The van der Waals surface area contributed by atoms with Crippen LogP contribution in [0.25, 0.3) is 0 Å². The molecule has 60 valence electrons. The van der Waals surface area contributed by atoms with E-state index in [0.717, 1.165) is 12.8 Å². The third kappa shape index (κ3) is 1.15. The van der Waals surface area contributed by atoms with Crippen LogP contribution >= 0.6 is 11.8 Å². The molecule has 1 saturated carbocycles. The lowest BCUT2D eigenvalue weighted by Gasteiger charge is -2.20. The summed E-state index contributed by atoms with van der Waals surface area (Å²) in [7, 11) is 0. The number of hydrogen-bond donors (Lipinski definition) is 1. The highest BCUT2D eigenvalue weighted by Gasteiger charge is 2.36. The Labute approximate surface area is 69.4 Å². The minimum atomic E-state index is -0.103. The van der Waals surface area contributed by atoms with Crippen LogP contribution in [0.1, 0.15) is 19.3 Å². The number of fused-ring (bicyclic) bond motifs is 1. The number of nitrogens with zero attached hydrogens (tertiary/aromatic N) is 1. The van der Waals surface area contributed by atoms with Crippen LogP contribution < -0.4 is 5.73 Å². The molecule has 0 aromatic rings. The molecule has 11 heavy (non-hydrogen) atoms. The van der Waals surface area contributed by atoms with Crippen LogP contribution in [0, 0.1) is 0 Å². The third-order valence-electron chi connectivity index (χ3n) is 2.13. The van der Waals surface area contributed by atoms with Crippen molar-refractivity contribution in [1.29, 1.82) is 0 Å². The third-order valence-corrected chi connectivity index (χ3v) is 3.28. The Kier molecular flexibility index (Phi) is 1.64. The van der Waals surface area contributed by atoms with E-state index >= 15 is 0 Å². The number of Topliss-reactive ketones (excluding diaryl/α,β-unsaturated/α-hetero) is 1. The molecule has 1 fully saturated rings. The highest BCUT2D eigenvalue weighted by molar-refractivity contribution is 8.14. The van der Waals surface area contributed by atoms with Crippen LogP contribution in [0.2, 0.25) is 0 Å². The van der Waals surface area contributed by atoms with E-state index in [1.54, 1.807) is 11.8 Å². The molecule has 1 aliphatic heterocycles. The largest absolute Gasteiger partial charge is 0.379 e. The average Bonchev–Trinajstić information content (AvgIpc) is 2.31. The fourth-order valence-corrected chi connectivity index (χ4v) is 2.70. The van der Waals surface area contributed by atoms with Gasteiger partial charge in [-0.05, 0) is 12.8 Å². The maximum atomic E-state index is 11.2. The molecule has 2 rings (SSSR count). The maximum Gasteiger partial charge on any atom is 0.158 e. The summed E-state index contributed by atoms with van der Waals surface area (Å²) in [6.07, 6.45) is 2.79. The number of rotatable bonds is 0. The van der Waals surface area contributed by atoms with Gasteiger partial charge in [0.1, 0.15) is 6.04 Å². The minimum Gasteiger partial charge on any atom is -0.379 e. The lowest BCUT2D eigenvalue weighted by molar-refractivity contribution is -0.121. The molecular formula is C7H10N2OS. The quantitative estimate of drug-likeness (QED) is 0.577. The monoisotopic (exact) mass is 170 g/mol. The molecule has 1 heterocycles. The van der Waals surface area contributed by atoms with Crippen molar-refractivity contribution in [2.45, 2.75) is 30.6 Å². The number of ketones is 1. The molecule has 0 radical (unpaired) electrons. The van der Waals surface area contributed by atoms with Crippen LogP contribution in [0.5, 0.6) is 0 Å². The number of aliphatic imine (C=N–C) groups is 1. The van der Waals surface area contributed by atoms with Gasteiger partial charge in [0.15, 0.2) is 11.0 Å². The maximum absolute atomic E-state index is 11.2. The summed E-state index contributed by atoms with van der Waals surface area (Å²) in [5, 5.41) is 0.950. The van der Waals surface area contributed by atoms with Gasteiger partial charge in [-0.1, -0.05) is 11.8 Å². The molecule has 0 spiro atoms. The first kappa shape index (κ1) is 7.16. The standard InChI is InChI=1S/C7H10N2OS/c8-7-9-6-4(10)2-1-3-5(6)11-7/h5-6H,1-3H2,(H2,8,9). The number of hydrogen-bond acceptors (Lipinski definition) is 4. The smallest absolute Gasteiger partial charge is 0.158 e. The van der Waals surface area contributed by atoms with Crippen molar-refractivity contribution in [1.82, 2.24) is 0 Å². The molecule has 0 bridgehead atoms. The van der Waals surface area contributed by atoms with Crippen LogP contribution in [-0.2, 0) is 4.79 Å². The second-order valence-corrected chi connectivity index (χ2v) is 4.19. The predicted octanol–water partition coefficient (Wildman–Crippen LogP) is 0.538. The Balaban J connectivity index is 2.18. The molecule has 4 heteroatoms. The van der Waals surface area contributed by atoms with Crippen LogP contribution in [-0.4, -0.2) is 22.2 Å². The Hall–Kier alpha value is -0.510. The Morgan fingerprint density at radius 3 is 3.18 bits per heavy atom. The van der Waals surface area contributed by atoms with Crippen molar-refractivity contribution in [2.24, 2.45) is 10.7 Å². The van der Waals surface area contributed by atoms with Gasteiger partial charge in [-0.25, -0.2) is 0 Å². The summed E-state index contributed by atoms with van der Waals surface area (Å²) < 4.78 is 0. The van der Waals surface area contributed by atoms with Crippen LogP contribution in [0.15, 0.2) is 4.99 Å². The number of amidine groups is 1. The second-order valence-electron chi connectivity index (χ2n) is 2.93. The van der Waals surface area contributed by atoms with Gasteiger partial charge in [0.2, 0.25) is 0 Å².